The van der Waals surface area contributed by atoms with Crippen molar-refractivity contribution in [3.8, 4) is 0 Å². The van der Waals surface area contributed by atoms with Crippen LogP contribution in [0.5, 0.6) is 0 Å². The fraction of sp³-hybridized carbons (Fsp3) is 0.588. The number of nitrogens with zero attached hydrogens (tertiary/aromatic N) is 1. The zero-order chi connectivity index (χ0) is 13.9. The number of rotatable bonds is 4. The van der Waals surface area contributed by atoms with Crippen LogP contribution in [0.4, 0.5) is 0 Å². The molecule has 1 aromatic carbocycles. The maximum atomic E-state index is 11.7. The normalized spacial score (nSPS) is 25.9. The average molecular weight is 273 g/mol. The molecule has 1 aromatic rings. The molecule has 1 saturated carbocycles. The standard InChI is InChI=1S/C17H23NO2/c19-17(20)16(14-8-4-5-9-14)18-11-10-15(12-18)13-6-2-1-3-7-13/h1-3,6-7,14-16H,4-5,8-12H2,(H,19,20)/t15-,16?/m1/s1. The van der Waals surface area contributed by atoms with E-state index in [9.17, 15) is 9.90 Å². The Morgan fingerprint density at radius 1 is 1.15 bits per heavy atom. The maximum Gasteiger partial charge on any atom is 0.321 e. The van der Waals surface area contributed by atoms with Crippen molar-refractivity contribution in [3.05, 3.63) is 35.9 Å². The number of carboxylic acids is 1. The highest BCUT2D eigenvalue weighted by atomic mass is 16.4. The van der Waals surface area contributed by atoms with Gasteiger partial charge in [-0.05, 0) is 43.2 Å². The highest BCUT2D eigenvalue weighted by molar-refractivity contribution is 5.74. The minimum absolute atomic E-state index is 0.258. The molecule has 108 valence electrons. The molecule has 1 heterocycles. The largest absolute Gasteiger partial charge is 0.480 e. The van der Waals surface area contributed by atoms with Crippen LogP contribution < -0.4 is 0 Å². The van der Waals surface area contributed by atoms with Gasteiger partial charge >= 0.3 is 5.97 Å². The van der Waals surface area contributed by atoms with Crippen LogP contribution >= 0.6 is 0 Å². The van der Waals surface area contributed by atoms with Gasteiger partial charge in [-0.2, -0.15) is 0 Å². The number of hydrogen-bond donors (Lipinski definition) is 1. The molecule has 3 rings (SSSR count). The van der Waals surface area contributed by atoms with Crippen LogP contribution in [0.3, 0.4) is 0 Å². The SMILES string of the molecule is O=C(O)C(C1CCCC1)N1CC[C@@H](c2ccccc2)C1. The summed E-state index contributed by atoms with van der Waals surface area (Å²) < 4.78 is 0. The molecule has 2 aliphatic rings. The molecule has 0 radical (unpaired) electrons. The quantitative estimate of drug-likeness (QED) is 0.916. The van der Waals surface area contributed by atoms with Crippen LogP contribution in [0, 0.1) is 5.92 Å². The van der Waals surface area contributed by atoms with E-state index in [2.05, 4.69) is 29.2 Å². The Hall–Kier alpha value is -1.35. The van der Waals surface area contributed by atoms with Gasteiger partial charge in [0.2, 0.25) is 0 Å². The molecule has 2 atom stereocenters. The van der Waals surface area contributed by atoms with E-state index >= 15 is 0 Å². The van der Waals surface area contributed by atoms with E-state index in [1.165, 1.54) is 18.4 Å². The Balaban J connectivity index is 1.70. The molecule has 3 nitrogen and oxygen atoms in total. The molecule has 1 aliphatic carbocycles. The smallest absolute Gasteiger partial charge is 0.321 e. The third-order valence-electron chi connectivity index (χ3n) is 4.98. The number of likely N-dealkylation sites (tertiary alicyclic amines) is 1. The Morgan fingerprint density at radius 3 is 2.50 bits per heavy atom. The fourth-order valence-electron chi connectivity index (χ4n) is 3.97. The molecule has 1 aliphatic heterocycles. The molecule has 0 amide bonds. The lowest BCUT2D eigenvalue weighted by atomic mass is 9.96. The van der Waals surface area contributed by atoms with Crippen LogP contribution in [-0.2, 0) is 4.79 Å². The highest BCUT2D eigenvalue weighted by Crippen LogP contribution is 2.35. The van der Waals surface area contributed by atoms with Crippen molar-refractivity contribution < 1.29 is 9.90 Å². The predicted molar refractivity (Wildman–Crippen MR) is 78.8 cm³/mol. The van der Waals surface area contributed by atoms with Crippen molar-refractivity contribution in [3.63, 3.8) is 0 Å². The molecule has 1 saturated heterocycles. The average Bonchev–Trinajstić information content (AvgIpc) is 3.12. The molecule has 1 N–H and O–H groups in total. The van der Waals surface area contributed by atoms with Crippen LogP contribution in [0.2, 0.25) is 0 Å². The van der Waals surface area contributed by atoms with Gasteiger partial charge in [0.25, 0.3) is 0 Å². The first-order valence-electron chi connectivity index (χ1n) is 7.77. The van der Waals surface area contributed by atoms with Gasteiger partial charge in [0.1, 0.15) is 6.04 Å². The lowest BCUT2D eigenvalue weighted by Crippen LogP contribution is -2.44. The highest BCUT2D eigenvalue weighted by Gasteiger charge is 2.38. The van der Waals surface area contributed by atoms with E-state index in [0.717, 1.165) is 32.4 Å². The second-order valence-corrected chi connectivity index (χ2v) is 6.22. The van der Waals surface area contributed by atoms with Gasteiger partial charge in [-0.15, -0.1) is 0 Å². The lowest BCUT2D eigenvalue weighted by Gasteiger charge is -2.29. The Bertz CT molecular complexity index is 453. The summed E-state index contributed by atoms with van der Waals surface area (Å²) >= 11 is 0. The number of carbonyl (C=O) groups is 1. The molecule has 20 heavy (non-hydrogen) atoms. The van der Waals surface area contributed by atoms with Crippen LogP contribution in [0.25, 0.3) is 0 Å². The zero-order valence-corrected chi connectivity index (χ0v) is 11.9. The lowest BCUT2D eigenvalue weighted by molar-refractivity contribution is -0.145. The minimum Gasteiger partial charge on any atom is -0.480 e. The van der Waals surface area contributed by atoms with E-state index in [4.69, 9.17) is 0 Å². The Labute approximate surface area is 120 Å². The monoisotopic (exact) mass is 273 g/mol. The van der Waals surface area contributed by atoms with Crippen molar-refractivity contribution in [1.82, 2.24) is 4.90 Å². The van der Waals surface area contributed by atoms with Crippen molar-refractivity contribution in [2.24, 2.45) is 5.92 Å². The molecule has 0 aromatic heterocycles. The second kappa shape index (κ2) is 5.96. The maximum absolute atomic E-state index is 11.7. The summed E-state index contributed by atoms with van der Waals surface area (Å²) in [4.78, 5) is 13.9. The van der Waals surface area contributed by atoms with Gasteiger partial charge in [-0.25, -0.2) is 0 Å². The van der Waals surface area contributed by atoms with Crippen molar-refractivity contribution >= 4 is 5.97 Å². The first kappa shape index (κ1) is 13.6. The number of aliphatic carboxylic acids is 1. The van der Waals surface area contributed by atoms with Crippen LogP contribution in [0.1, 0.15) is 43.6 Å². The van der Waals surface area contributed by atoms with E-state index in [0.29, 0.717) is 11.8 Å². The molecule has 2 fully saturated rings. The van der Waals surface area contributed by atoms with Gasteiger partial charge in [0, 0.05) is 6.54 Å². The van der Waals surface area contributed by atoms with Crippen LogP contribution in [-0.4, -0.2) is 35.1 Å². The van der Waals surface area contributed by atoms with E-state index < -0.39 is 5.97 Å². The second-order valence-electron chi connectivity index (χ2n) is 6.22. The van der Waals surface area contributed by atoms with E-state index in [1.54, 1.807) is 0 Å². The molecule has 1 unspecified atom stereocenters. The predicted octanol–water partition coefficient (Wildman–Crippen LogP) is 3.12. The minimum atomic E-state index is -0.620. The topological polar surface area (TPSA) is 40.5 Å². The molecular weight excluding hydrogens is 250 g/mol. The Kier molecular flexibility index (Phi) is 4.06. The summed E-state index contributed by atoms with van der Waals surface area (Å²) in [6, 6.07) is 10.3. The number of hydrogen-bond acceptors (Lipinski definition) is 2. The fourth-order valence-corrected chi connectivity index (χ4v) is 3.97. The van der Waals surface area contributed by atoms with Crippen LogP contribution in [0.15, 0.2) is 30.3 Å². The van der Waals surface area contributed by atoms with Gasteiger partial charge in [0.15, 0.2) is 0 Å². The van der Waals surface area contributed by atoms with E-state index in [-0.39, 0.29) is 6.04 Å². The summed E-state index contributed by atoms with van der Waals surface area (Å²) in [5, 5.41) is 9.61. The van der Waals surface area contributed by atoms with Gasteiger partial charge < -0.3 is 5.11 Å². The summed E-state index contributed by atoms with van der Waals surface area (Å²) in [6.07, 6.45) is 5.66. The van der Waals surface area contributed by atoms with Crippen molar-refractivity contribution in [1.29, 1.82) is 0 Å². The number of benzene rings is 1. The van der Waals surface area contributed by atoms with E-state index in [1.807, 2.05) is 6.07 Å². The molecule has 3 heteroatoms. The first-order valence-corrected chi connectivity index (χ1v) is 7.77. The number of carboxylic acid groups (broad SMARTS) is 1. The summed E-state index contributed by atoms with van der Waals surface area (Å²) in [5.74, 6) is 0.243. The Morgan fingerprint density at radius 2 is 1.85 bits per heavy atom. The van der Waals surface area contributed by atoms with Crippen molar-refractivity contribution in [2.75, 3.05) is 13.1 Å². The molecular formula is C17H23NO2. The summed E-state index contributed by atoms with van der Waals surface area (Å²) in [7, 11) is 0. The first-order chi connectivity index (χ1) is 9.75. The molecule has 0 spiro atoms. The van der Waals surface area contributed by atoms with Gasteiger partial charge in [-0.3, -0.25) is 9.69 Å². The molecule has 0 bridgehead atoms. The van der Waals surface area contributed by atoms with Crippen molar-refractivity contribution in [2.45, 2.75) is 44.1 Å². The van der Waals surface area contributed by atoms with Gasteiger partial charge in [-0.1, -0.05) is 43.2 Å². The van der Waals surface area contributed by atoms with Gasteiger partial charge in [0.05, 0.1) is 0 Å². The third kappa shape index (κ3) is 2.73. The summed E-state index contributed by atoms with van der Waals surface area (Å²) in [6.45, 7) is 1.82. The zero-order valence-electron chi connectivity index (χ0n) is 11.9. The third-order valence-corrected chi connectivity index (χ3v) is 4.98. The summed E-state index contributed by atoms with van der Waals surface area (Å²) in [5.41, 5.74) is 1.35.